The van der Waals surface area contributed by atoms with Crippen molar-refractivity contribution in [1.29, 1.82) is 0 Å². The molecule has 2 N–H and O–H groups in total. The normalized spacial score (nSPS) is 10.9. The van der Waals surface area contributed by atoms with Gasteiger partial charge in [-0.1, -0.05) is 12.1 Å². The molecule has 0 aliphatic heterocycles. The quantitative estimate of drug-likeness (QED) is 0.651. The fourth-order valence-electron chi connectivity index (χ4n) is 1.78. The molecule has 0 spiro atoms. The Morgan fingerprint density at radius 3 is 2.85 bits per heavy atom. The lowest BCUT2D eigenvalue weighted by Gasteiger charge is -2.03. The number of aromatic hydroxyl groups is 1. The largest absolute Gasteiger partial charge is 0.507 e. The first kappa shape index (κ1) is 13.8. The molecule has 2 aromatic rings. The van der Waals surface area contributed by atoms with E-state index in [9.17, 15) is 9.90 Å². The second kappa shape index (κ2) is 6.01. The van der Waals surface area contributed by atoms with Crippen molar-refractivity contribution in [1.82, 2.24) is 15.2 Å². The van der Waals surface area contributed by atoms with Gasteiger partial charge in [0.2, 0.25) is 0 Å². The van der Waals surface area contributed by atoms with E-state index in [4.69, 9.17) is 0 Å². The molecule has 1 aromatic heterocycles. The SMILES string of the molecule is Cc1cc(C)n(CC(=O)N/N=C\c2ccccc2O)n1. The summed E-state index contributed by atoms with van der Waals surface area (Å²) in [5, 5.41) is 17.5. The van der Waals surface area contributed by atoms with Crippen LogP contribution in [0, 0.1) is 13.8 Å². The van der Waals surface area contributed by atoms with Crippen molar-refractivity contribution in [2.24, 2.45) is 5.10 Å². The van der Waals surface area contributed by atoms with E-state index in [2.05, 4.69) is 15.6 Å². The lowest BCUT2D eigenvalue weighted by atomic mass is 10.2. The zero-order valence-electron chi connectivity index (χ0n) is 11.4. The van der Waals surface area contributed by atoms with Crippen molar-refractivity contribution in [3.8, 4) is 5.75 Å². The molecule has 20 heavy (non-hydrogen) atoms. The number of nitrogens with one attached hydrogen (secondary N) is 1. The number of hydrogen-bond donors (Lipinski definition) is 2. The summed E-state index contributed by atoms with van der Waals surface area (Å²) in [5.41, 5.74) is 4.73. The van der Waals surface area contributed by atoms with Crippen LogP contribution >= 0.6 is 0 Å². The first-order valence-corrected chi connectivity index (χ1v) is 6.17. The topological polar surface area (TPSA) is 79.5 Å². The van der Waals surface area contributed by atoms with Gasteiger partial charge in [-0.05, 0) is 32.0 Å². The molecule has 6 heteroatoms. The van der Waals surface area contributed by atoms with E-state index in [0.29, 0.717) is 5.56 Å². The molecule has 0 bridgehead atoms. The number of para-hydroxylation sites is 1. The Bertz CT molecular complexity index is 646. The van der Waals surface area contributed by atoms with Crippen LogP contribution in [0.15, 0.2) is 35.4 Å². The van der Waals surface area contributed by atoms with Crippen LogP contribution in [0.1, 0.15) is 17.0 Å². The molecule has 0 saturated heterocycles. The Hall–Kier alpha value is -2.63. The van der Waals surface area contributed by atoms with Crippen molar-refractivity contribution in [2.45, 2.75) is 20.4 Å². The molecule has 1 heterocycles. The lowest BCUT2D eigenvalue weighted by Crippen LogP contribution is -2.24. The van der Waals surface area contributed by atoms with Crippen LogP contribution in [0.25, 0.3) is 0 Å². The number of carbonyl (C=O) groups is 1. The molecule has 6 nitrogen and oxygen atoms in total. The third-order valence-corrected chi connectivity index (χ3v) is 2.73. The summed E-state index contributed by atoms with van der Waals surface area (Å²) in [6, 6.07) is 8.65. The van der Waals surface area contributed by atoms with E-state index < -0.39 is 0 Å². The summed E-state index contributed by atoms with van der Waals surface area (Å²) >= 11 is 0. The van der Waals surface area contributed by atoms with E-state index in [0.717, 1.165) is 11.4 Å². The minimum Gasteiger partial charge on any atom is -0.507 e. The summed E-state index contributed by atoms with van der Waals surface area (Å²) in [5.74, 6) is -0.160. The number of aromatic nitrogens is 2. The summed E-state index contributed by atoms with van der Waals surface area (Å²) in [4.78, 5) is 11.7. The van der Waals surface area contributed by atoms with Gasteiger partial charge in [-0.3, -0.25) is 9.48 Å². The van der Waals surface area contributed by atoms with Crippen molar-refractivity contribution in [3.63, 3.8) is 0 Å². The van der Waals surface area contributed by atoms with Gasteiger partial charge in [0.15, 0.2) is 0 Å². The van der Waals surface area contributed by atoms with Crippen LogP contribution in [-0.4, -0.2) is 27.0 Å². The van der Waals surface area contributed by atoms with Crippen molar-refractivity contribution >= 4 is 12.1 Å². The number of benzene rings is 1. The number of phenolic OH excluding ortho intramolecular Hbond substituents is 1. The minimum absolute atomic E-state index is 0.109. The highest BCUT2D eigenvalue weighted by atomic mass is 16.3. The fourth-order valence-corrected chi connectivity index (χ4v) is 1.78. The smallest absolute Gasteiger partial charge is 0.261 e. The van der Waals surface area contributed by atoms with E-state index in [1.165, 1.54) is 6.21 Å². The van der Waals surface area contributed by atoms with Gasteiger partial charge in [0, 0.05) is 11.3 Å². The monoisotopic (exact) mass is 272 g/mol. The summed E-state index contributed by atoms with van der Waals surface area (Å²) in [6.45, 7) is 3.87. The molecular weight excluding hydrogens is 256 g/mol. The third-order valence-electron chi connectivity index (χ3n) is 2.73. The number of rotatable bonds is 4. The van der Waals surface area contributed by atoms with Crippen LogP contribution in [0.5, 0.6) is 5.75 Å². The van der Waals surface area contributed by atoms with Crippen LogP contribution in [0.2, 0.25) is 0 Å². The number of amides is 1. The maximum absolute atomic E-state index is 11.7. The molecule has 0 saturated carbocycles. The van der Waals surface area contributed by atoms with E-state index in [-0.39, 0.29) is 18.2 Å². The molecule has 104 valence electrons. The van der Waals surface area contributed by atoms with Gasteiger partial charge in [-0.15, -0.1) is 0 Å². The molecule has 0 aliphatic carbocycles. The Morgan fingerprint density at radius 2 is 2.20 bits per heavy atom. The molecule has 0 unspecified atom stereocenters. The van der Waals surface area contributed by atoms with Crippen molar-refractivity contribution < 1.29 is 9.90 Å². The van der Waals surface area contributed by atoms with Crippen molar-refractivity contribution in [2.75, 3.05) is 0 Å². The van der Waals surface area contributed by atoms with Crippen LogP contribution in [0.4, 0.5) is 0 Å². The Balaban J connectivity index is 1.93. The predicted molar refractivity (Wildman–Crippen MR) is 75.5 cm³/mol. The first-order valence-electron chi connectivity index (χ1n) is 6.17. The van der Waals surface area contributed by atoms with Crippen LogP contribution < -0.4 is 5.43 Å². The number of phenols is 1. The summed E-state index contributed by atoms with van der Waals surface area (Å²) < 4.78 is 1.61. The Morgan fingerprint density at radius 1 is 1.45 bits per heavy atom. The zero-order chi connectivity index (χ0) is 14.5. The number of hydrazone groups is 1. The number of carbonyl (C=O) groups excluding carboxylic acids is 1. The maximum Gasteiger partial charge on any atom is 0.261 e. The average molecular weight is 272 g/mol. The molecular formula is C14H16N4O2. The van der Waals surface area contributed by atoms with Gasteiger partial charge in [-0.25, -0.2) is 5.43 Å². The van der Waals surface area contributed by atoms with Gasteiger partial charge in [0.25, 0.3) is 5.91 Å². The third kappa shape index (κ3) is 3.44. The van der Waals surface area contributed by atoms with Crippen LogP contribution in [-0.2, 0) is 11.3 Å². The van der Waals surface area contributed by atoms with Crippen LogP contribution in [0.3, 0.4) is 0 Å². The standard InChI is InChI=1S/C14H16N4O2/c1-10-7-11(2)18(17-10)9-14(20)16-15-8-12-5-3-4-6-13(12)19/h3-8,19H,9H2,1-2H3,(H,16,20)/b15-8-. The Labute approximate surface area is 116 Å². The predicted octanol–water partition coefficient (Wildman–Crippen LogP) is 1.36. The average Bonchev–Trinajstić information content (AvgIpc) is 2.70. The molecule has 0 aliphatic rings. The van der Waals surface area contributed by atoms with Gasteiger partial charge in [-0.2, -0.15) is 10.2 Å². The molecule has 0 fully saturated rings. The second-order valence-electron chi connectivity index (χ2n) is 4.44. The van der Waals surface area contributed by atoms with E-state index in [1.54, 1.807) is 28.9 Å². The van der Waals surface area contributed by atoms with Gasteiger partial charge >= 0.3 is 0 Å². The second-order valence-corrected chi connectivity index (χ2v) is 4.44. The number of nitrogens with zero attached hydrogens (tertiary/aromatic N) is 3. The molecule has 1 amide bonds. The van der Waals surface area contributed by atoms with Gasteiger partial charge in [0.1, 0.15) is 12.3 Å². The maximum atomic E-state index is 11.7. The van der Waals surface area contributed by atoms with Crippen molar-refractivity contribution in [3.05, 3.63) is 47.3 Å². The highest BCUT2D eigenvalue weighted by Gasteiger charge is 2.05. The highest BCUT2D eigenvalue weighted by Crippen LogP contribution is 2.12. The van der Waals surface area contributed by atoms with E-state index in [1.807, 2.05) is 19.9 Å². The lowest BCUT2D eigenvalue weighted by molar-refractivity contribution is -0.121. The zero-order valence-corrected chi connectivity index (χ0v) is 11.4. The molecule has 0 radical (unpaired) electrons. The molecule has 1 aromatic carbocycles. The molecule has 0 atom stereocenters. The highest BCUT2D eigenvalue weighted by molar-refractivity contribution is 5.84. The van der Waals surface area contributed by atoms with E-state index >= 15 is 0 Å². The summed E-state index contributed by atoms with van der Waals surface area (Å²) in [7, 11) is 0. The van der Waals surface area contributed by atoms with Gasteiger partial charge in [0.05, 0.1) is 11.9 Å². The molecule has 2 rings (SSSR count). The first-order chi connectivity index (χ1) is 9.56. The number of aryl methyl sites for hydroxylation is 2. The van der Waals surface area contributed by atoms with Gasteiger partial charge < -0.3 is 5.11 Å². The minimum atomic E-state index is -0.275. The fraction of sp³-hybridized carbons (Fsp3) is 0.214. The number of hydrogen-bond acceptors (Lipinski definition) is 4. The Kier molecular flexibility index (Phi) is 4.14. The summed E-state index contributed by atoms with van der Waals surface area (Å²) in [6.07, 6.45) is 1.40.